The number of hydrogen-bond donors (Lipinski definition) is 1. The number of thioether (sulfide) groups is 1. The Balaban J connectivity index is 1.64. The molecule has 4 atom stereocenters. The molecule has 0 bridgehead atoms. The normalized spacial score (nSPS) is 29.9. The van der Waals surface area contributed by atoms with Crippen molar-refractivity contribution in [3.05, 3.63) is 29.8 Å². The summed E-state index contributed by atoms with van der Waals surface area (Å²) in [6.45, 7) is 5.69. The SMILES string of the molecule is CCO[C@@H]1C[C@@H](NC(=O)N2CC(C)c3ccccc32)[C@@H]1SC. The minimum absolute atomic E-state index is 0.0239. The number of urea groups is 1. The summed E-state index contributed by atoms with van der Waals surface area (Å²) in [6, 6.07) is 8.42. The maximum Gasteiger partial charge on any atom is 0.322 e. The Morgan fingerprint density at radius 2 is 2.23 bits per heavy atom. The summed E-state index contributed by atoms with van der Waals surface area (Å²) in [5.41, 5.74) is 2.31. The molecular formula is C17H24N2O2S. The van der Waals surface area contributed by atoms with E-state index in [4.69, 9.17) is 4.74 Å². The van der Waals surface area contributed by atoms with Crippen molar-refractivity contribution in [1.29, 1.82) is 0 Å². The molecule has 1 aromatic rings. The average molecular weight is 320 g/mol. The zero-order valence-corrected chi connectivity index (χ0v) is 14.2. The first kappa shape index (κ1) is 15.7. The second kappa shape index (κ2) is 6.50. The highest BCUT2D eigenvalue weighted by Gasteiger charge is 2.43. The highest BCUT2D eigenvalue weighted by Crippen LogP contribution is 2.37. The van der Waals surface area contributed by atoms with E-state index >= 15 is 0 Å². The standard InChI is InChI=1S/C17H24N2O2S/c1-4-21-15-9-13(16(15)22-3)18-17(20)19-10-11(2)12-7-5-6-8-14(12)19/h5-8,11,13,15-16H,4,9-10H2,1-3H3,(H,18,20)/t11?,13-,15-,16+/m1/s1. The van der Waals surface area contributed by atoms with Crippen LogP contribution in [0.4, 0.5) is 10.5 Å². The predicted molar refractivity (Wildman–Crippen MR) is 91.9 cm³/mol. The average Bonchev–Trinajstić information content (AvgIpc) is 2.84. The lowest BCUT2D eigenvalue weighted by atomic mass is 9.88. The number of carbonyl (C=O) groups is 1. The Kier molecular flexibility index (Phi) is 4.64. The summed E-state index contributed by atoms with van der Waals surface area (Å²) < 4.78 is 5.71. The Labute approximate surface area is 136 Å². The minimum Gasteiger partial charge on any atom is -0.377 e. The van der Waals surface area contributed by atoms with Crippen LogP contribution in [0.3, 0.4) is 0 Å². The van der Waals surface area contributed by atoms with Gasteiger partial charge in [0.15, 0.2) is 0 Å². The molecule has 0 aromatic heterocycles. The van der Waals surface area contributed by atoms with Gasteiger partial charge in [0.05, 0.1) is 11.4 Å². The van der Waals surface area contributed by atoms with E-state index in [1.807, 2.05) is 30.0 Å². The fraction of sp³-hybridized carbons (Fsp3) is 0.588. The summed E-state index contributed by atoms with van der Waals surface area (Å²) in [5.74, 6) is 0.399. The van der Waals surface area contributed by atoms with Crippen molar-refractivity contribution < 1.29 is 9.53 Å². The maximum atomic E-state index is 12.6. The fourth-order valence-corrected chi connectivity index (χ4v) is 4.47. The van der Waals surface area contributed by atoms with E-state index in [2.05, 4.69) is 24.6 Å². The Hall–Kier alpha value is -1.20. The van der Waals surface area contributed by atoms with Gasteiger partial charge in [0, 0.05) is 30.8 Å². The van der Waals surface area contributed by atoms with Crippen molar-refractivity contribution in [3.63, 3.8) is 0 Å². The molecule has 1 N–H and O–H groups in total. The zero-order valence-electron chi connectivity index (χ0n) is 13.4. The third-order valence-corrected chi connectivity index (χ3v) is 5.85. The van der Waals surface area contributed by atoms with Crippen LogP contribution in [0.25, 0.3) is 0 Å². The van der Waals surface area contributed by atoms with E-state index in [1.165, 1.54) is 5.56 Å². The molecule has 120 valence electrons. The van der Waals surface area contributed by atoms with Crippen molar-refractivity contribution in [2.24, 2.45) is 0 Å². The summed E-state index contributed by atoms with van der Waals surface area (Å²) in [4.78, 5) is 14.5. The maximum absolute atomic E-state index is 12.6. The largest absolute Gasteiger partial charge is 0.377 e. The molecule has 0 saturated heterocycles. The summed E-state index contributed by atoms with van der Waals surface area (Å²) in [5, 5.41) is 3.56. The van der Waals surface area contributed by atoms with E-state index in [-0.39, 0.29) is 18.2 Å². The molecule has 2 amide bonds. The monoisotopic (exact) mass is 320 g/mol. The Morgan fingerprint density at radius 1 is 1.45 bits per heavy atom. The van der Waals surface area contributed by atoms with Crippen molar-refractivity contribution in [1.82, 2.24) is 5.32 Å². The van der Waals surface area contributed by atoms with Crippen LogP contribution in [-0.4, -0.2) is 42.8 Å². The van der Waals surface area contributed by atoms with Crippen LogP contribution in [0.2, 0.25) is 0 Å². The Bertz CT molecular complexity index is 551. The third-order valence-electron chi connectivity index (χ3n) is 4.67. The van der Waals surface area contributed by atoms with Gasteiger partial charge in [0.2, 0.25) is 0 Å². The van der Waals surface area contributed by atoms with Crippen LogP contribution in [-0.2, 0) is 4.74 Å². The lowest BCUT2D eigenvalue weighted by Gasteiger charge is -2.44. The summed E-state index contributed by atoms with van der Waals surface area (Å²) >= 11 is 1.78. The van der Waals surface area contributed by atoms with Gasteiger partial charge in [-0.05, 0) is 31.2 Å². The second-order valence-corrected chi connectivity index (χ2v) is 7.07. The molecular weight excluding hydrogens is 296 g/mol. The number of carbonyl (C=O) groups excluding carboxylic acids is 1. The lowest BCUT2D eigenvalue weighted by molar-refractivity contribution is -0.000120. The van der Waals surface area contributed by atoms with Gasteiger partial charge in [0.25, 0.3) is 0 Å². The van der Waals surface area contributed by atoms with Crippen molar-refractivity contribution in [3.8, 4) is 0 Å². The number of para-hydroxylation sites is 1. The van der Waals surface area contributed by atoms with Gasteiger partial charge in [-0.2, -0.15) is 11.8 Å². The van der Waals surface area contributed by atoms with Gasteiger partial charge < -0.3 is 10.1 Å². The molecule has 1 fully saturated rings. The molecule has 1 aliphatic carbocycles. The predicted octanol–water partition coefficient (Wildman–Crippen LogP) is 3.23. The van der Waals surface area contributed by atoms with Gasteiger partial charge in [-0.15, -0.1) is 0 Å². The van der Waals surface area contributed by atoms with Crippen LogP contribution in [0.5, 0.6) is 0 Å². The fourth-order valence-electron chi connectivity index (χ4n) is 3.47. The number of nitrogens with zero attached hydrogens (tertiary/aromatic N) is 1. The quantitative estimate of drug-likeness (QED) is 0.926. The van der Waals surface area contributed by atoms with Gasteiger partial charge >= 0.3 is 6.03 Å². The first-order valence-corrected chi connectivity index (χ1v) is 9.25. The molecule has 1 aliphatic heterocycles. The number of benzene rings is 1. The summed E-state index contributed by atoms with van der Waals surface area (Å²) in [6.07, 6.45) is 3.27. The van der Waals surface area contributed by atoms with Crippen LogP contribution < -0.4 is 10.2 Å². The molecule has 5 heteroatoms. The van der Waals surface area contributed by atoms with Gasteiger partial charge in [-0.3, -0.25) is 4.90 Å². The molecule has 0 radical (unpaired) electrons. The van der Waals surface area contributed by atoms with E-state index in [9.17, 15) is 4.79 Å². The van der Waals surface area contributed by atoms with Crippen LogP contribution >= 0.6 is 11.8 Å². The molecule has 0 spiro atoms. The molecule has 4 nitrogen and oxygen atoms in total. The first-order valence-electron chi connectivity index (χ1n) is 7.97. The number of amides is 2. The van der Waals surface area contributed by atoms with E-state index < -0.39 is 0 Å². The smallest absolute Gasteiger partial charge is 0.322 e. The molecule has 1 heterocycles. The van der Waals surface area contributed by atoms with Crippen molar-refractivity contribution in [2.45, 2.75) is 43.6 Å². The molecule has 1 unspecified atom stereocenters. The van der Waals surface area contributed by atoms with Gasteiger partial charge in [-0.1, -0.05) is 25.1 Å². The molecule has 22 heavy (non-hydrogen) atoms. The number of nitrogens with one attached hydrogen (secondary N) is 1. The highest BCUT2D eigenvalue weighted by atomic mass is 32.2. The minimum atomic E-state index is 0.0239. The zero-order chi connectivity index (χ0) is 15.7. The topological polar surface area (TPSA) is 41.6 Å². The van der Waals surface area contributed by atoms with Crippen LogP contribution in [0.15, 0.2) is 24.3 Å². The number of ether oxygens (including phenoxy) is 1. The van der Waals surface area contributed by atoms with Gasteiger partial charge in [-0.25, -0.2) is 4.79 Å². The molecule has 1 aromatic carbocycles. The second-order valence-electron chi connectivity index (χ2n) is 6.06. The van der Waals surface area contributed by atoms with Crippen LogP contribution in [0.1, 0.15) is 31.7 Å². The van der Waals surface area contributed by atoms with Crippen LogP contribution in [0, 0.1) is 0 Å². The highest BCUT2D eigenvalue weighted by molar-refractivity contribution is 7.99. The van der Waals surface area contributed by atoms with E-state index in [0.29, 0.717) is 11.2 Å². The van der Waals surface area contributed by atoms with E-state index in [1.54, 1.807) is 11.8 Å². The van der Waals surface area contributed by atoms with Crippen molar-refractivity contribution >= 4 is 23.5 Å². The van der Waals surface area contributed by atoms with Gasteiger partial charge in [0.1, 0.15) is 0 Å². The molecule has 2 aliphatic rings. The number of fused-ring (bicyclic) bond motifs is 1. The molecule has 3 rings (SSSR count). The number of anilines is 1. The van der Waals surface area contributed by atoms with E-state index in [0.717, 1.165) is 25.3 Å². The molecule has 1 saturated carbocycles. The lowest BCUT2D eigenvalue weighted by Crippen LogP contribution is -2.60. The third kappa shape index (κ3) is 2.72. The first-order chi connectivity index (χ1) is 10.7. The number of hydrogen-bond acceptors (Lipinski definition) is 3. The Morgan fingerprint density at radius 3 is 2.95 bits per heavy atom. The van der Waals surface area contributed by atoms with Crippen molar-refractivity contribution in [2.75, 3.05) is 24.3 Å². The number of rotatable bonds is 4. The summed E-state index contributed by atoms with van der Waals surface area (Å²) in [7, 11) is 0.